The molecule has 0 aliphatic rings. The van der Waals surface area contributed by atoms with E-state index in [4.69, 9.17) is 4.74 Å². The maximum absolute atomic E-state index is 12.0. The molecule has 7 nitrogen and oxygen atoms in total. The average Bonchev–Trinajstić information content (AvgIpc) is 2.92. The molecule has 0 spiro atoms. The van der Waals surface area contributed by atoms with Crippen LogP contribution in [-0.4, -0.2) is 44.3 Å². The summed E-state index contributed by atoms with van der Waals surface area (Å²) in [6, 6.07) is 5.39. The zero-order valence-corrected chi connectivity index (χ0v) is 12.1. The lowest BCUT2D eigenvalue weighted by atomic mass is 10.1. The molecule has 2 rings (SSSR count). The first kappa shape index (κ1) is 15.1. The van der Waals surface area contributed by atoms with Crippen LogP contribution in [0.5, 0.6) is 0 Å². The van der Waals surface area contributed by atoms with E-state index in [1.54, 1.807) is 29.9 Å². The molecule has 2 aromatic heterocycles. The second kappa shape index (κ2) is 6.94. The van der Waals surface area contributed by atoms with Crippen molar-refractivity contribution in [2.45, 2.75) is 20.4 Å². The van der Waals surface area contributed by atoms with Crippen molar-refractivity contribution in [2.75, 3.05) is 13.2 Å². The highest BCUT2D eigenvalue weighted by Gasteiger charge is 2.23. The summed E-state index contributed by atoms with van der Waals surface area (Å²) in [5.41, 5.74) is 1.24. The minimum Gasteiger partial charge on any atom is -0.461 e. The fraction of sp³-hybridized carbons (Fsp3) is 0.429. The molecule has 1 atom stereocenters. The van der Waals surface area contributed by atoms with Crippen LogP contribution >= 0.6 is 0 Å². The highest BCUT2D eigenvalue weighted by molar-refractivity contribution is 5.93. The molecule has 0 aliphatic carbocycles. The summed E-state index contributed by atoms with van der Waals surface area (Å²) < 4.78 is 6.58. The zero-order chi connectivity index (χ0) is 15.2. The number of hydrogen-bond acceptors (Lipinski definition) is 6. The highest BCUT2D eigenvalue weighted by atomic mass is 16.5. The first-order valence-electron chi connectivity index (χ1n) is 6.80. The summed E-state index contributed by atoms with van der Waals surface area (Å²) in [7, 11) is 0. The molecule has 7 heteroatoms. The van der Waals surface area contributed by atoms with Gasteiger partial charge in [0.05, 0.1) is 12.3 Å². The number of pyridine rings is 1. The maximum atomic E-state index is 12.0. The van der Waals surface area contributed by atoms with E-state index in [1.165, 1.54) is 0 Å². The van der Waals surface area contributed by atoms with Crippen molar-refractivity contribution in [2.24, 2.45) is 5.92 Å². The van der Waals surface area contributed by atoms with Gasteiger partial charge in [-0.1, -0.05) is 18.2 Å². The van der Waals surface area contributed by atoms with Crippen molar-refractivity contribution in [3.8, 4) is 11.4 Å². The van der Waals surface area contributed by atoms with Gasteiger partial charge in [0.1, 0.15) is 5.69 Å². The largest absolute Gasteiger partial charge is 0.461 e. The number of aromatic nitrogens is 4. The Morgan fingerprint density at radius 2 is 2.29 bits per heavy atom. The van der Waals surface area contributed by atoms with Gasteiger partial charge in [-0.3, -0.25) is 4.98 Å². The van der Waals surface area contributed by atoms with E-state index in [-0.39, 0.29) is 24.8 Å². The summed E-state index contributed by atoms with van der Waals surface area (Å²) in [5, 5.41) is 17.1. The van der Waals surface area contributed by atoms with Crippen molar-refractivity contribution in [3.05, 3.63) is 30.1 Å². The molecule has 0 bridgehead atoms. The van der Waals surface area contributed by atoms with E-state index in [2.05, 4.69) is 15.3 Å². The van der Waals surface area contributed by atoms with Crippen LogP contribution in [0.25, 0.3) is 11.4 Å². The molecule has 1 unspecified atom stereocenters. The minimum atomic E-state index is -0.527. The first-order chi connectivity index (χ1) is 10.2. The predicted molar refractivity (Wildman–Crippen MR) is 75.5 cm³/mol. The van der Waals surface area contributed by atoms with E-state index in [1.807, 2.05) is 13.0 Å². The highest BCUT2D eigenvalue weighted by Crippen LogP contribution is 2.21. The van der Waals surface area contributed by atoms with Gasteiger partial charge < -0.3 is 9.84 Å². The molecule has 112 valence electrons. The topological polar surface area (TPSA) is 90.1 Å². The first-order valence-corrected chi connectivity index (χ1v) is 6.80. The Kier molecular flexibility index (Phi) is 4.99. The normalized spacial score (nSPS) is 12.1. The number of aliphatic hydroxyl groups excluding tert-OH is 1. The summed E-state index contributed by atoms with van der Waals surface area (Å²) in [5.74, 6) is -0.537. The molecule has 0 aliphatic heterocycles. The fourth-order valence-corrected chi connectivity index (χ4v) is 1.89. The quantitative estimate of drug-likeness (QED) is 0.802. The third-order valence-electron chi connectivity index (χ3n) is 2.91. The van der Waals surface area contributed by atoms with Gasteiger partial charge in [0.15, 0.2) is 5.69 Å². The molecule has 21 heavy (non-hydrogen) atoms. The predicted octanol–water partition coefficient (Wildman–Crippen LogP) is 1.15. The fourth-order valence-electron chi connectivity index (χ4n) is 1.89. The molecular weight excluding hydrogens is 272 g/mol. The van der Waals surface area contributed by atoms with Crippen molar-refractivity contribution in [1.82, 2.24) is 20.0 Å². The standard InChI is InChI=1S/C14H18N4O3/c1-3-21-14(20)12-13(11-6-4-5-7-15-11)18(17-16-12)8-10(2)9-19/h4-7,10,19H,3,8-9H2,1-2H3. The molecule has 2 aromatic rings. The zero-order valence-electron chi connectivity index (χ0n) is 12.1. The van der Waals surface area contributed by atoms with E-state index < -0.39 is 5.97 Å². The third-order valence-corrected chi connectivity index (χ3v) is 2.91. The van der Waals surface area contributed by atoms with E-state index in [0.29, 0.717) is 17.9 Å². The van der Waals surface area contributed by atoms with Crippen LogP contribution < -0.4 is 0 Å². The van der Waals surface area contributed by atoms with Gasteiger partial charge in [-0.05, 0) is 25.0 Å². The van der Waals surface area contributed by atoms with E-state index in [0.717, 1.165) is 0 Å². The number of rotatable bonds is 6. The molecule has 0 saturated carbocycles. The number of esters is 1. The Morgan fingerprint density at radius 3 is 2.90 bits per heavy atom. The molecule has 0 radical (unpaired) electrons. The third kappa shape index (κ3) is 3.43. The number of nitrogens with zero attached hydrogens (tertiary/aromatic N) is 4. The van der Waals surface area contributed by atoms with Crippen LogP contribution in [0.1, 0.15) is 24.3 Å². The lowest BCUT2D eigenvalue weighted by Crippen LogP contribution is -2.14. The Morgan fingerprint density at radius 1 is 1.48 bits per heavy atom. The summed E-state index contributed by atoms with van der Waals surface area (Å²) in [6.45, 7) is 4.34. The van der Waals surface area contributed by atoms with E-state index in [9.17, 15) is 9.90 Å². The summed E-state index contributed by atoms with van der Waals surface area (Å²) in [4.78, 5) is 16.2. The lowest BCUT2D eigenvalue weighted by Gasteiger charge is -2.10. The average molecular weight is 290 g/mol. The number of ether oxygens (including phenoxy) is 1. The van der Waals surface area contributed by atoms with Crippen molar-refractivity contribution < 1.29 is 14.6 Å². The number of hydrogen-bond donors (Lipinski definition) is 1. The maximum Gasteiger partial charge on any atom is 0.361 e. The van der Waals surface area contributed by atoms with Crippen LogP contribution in [-0.2, 0) is 11.3 Å². The van der Waals surface area contributed by atoms with Gasteiger partial charge in [0, 0.05) is 19.3 Å². The summed E-state index contributed by atoms with van der Waals surface area (Å²) >= 11 is 0. The van der Waals surface area contributed by atoms with E-state index >= 15 is 0 Å². The van der Waals surface area contributed by atoms with Gasteiger partial charge in [-0.2, -0.15) is 0 Å². The Labute approximate surface area is 122 Å². The monoisotopic (exact) mass is 290 g/mol. The van der Waals surface area contributed by atoms with Gasteiger partial charge in [-0.15, -0.1) is 5.10 Å². The molecule has 0 amide bonds. The number of carbonyl (C=O) groups is 1. The van der Waals surface area contributed by atoms with Gasteiger partial charge in [0.2, 0.25) is 0 Å². The molecular formula is C14H18N4O3. The van der Waals surface area contributed by atoms with Crippen LogP contribution in [0.3, 0.4) is 0 Å². The molecule has 1 N–H and O–H groups in total. The number of aliphatic hydroxyl groups is 1. The lowest BCUT2D eigenvalue weighted by molar-refractivity contribution is 0.0520. The van der Waals surface area contributed by atoms with Crippen LogP contribution in [0.4, 0.5) is 0 Å². The minimum absolute atomic E-state index is 0.00999. The summed E-state index contributed by atoms with van der Waals surface area (Å²) in [6.07, 6.45) is 1.64. The molecule has 2 heterocycles. The Balaban J connectivity index is 2.45. The van der Waals surface area contributed by atoms with Crippen molar-refractivity contribution >= 4 is 5.97 Å². The van der Waals surface area contributed by atoms with Crippen LogP contribution in [0, 0.1) is 5.92 Å². The van der Waals surface area contributed by atoms with Crippen LogP contribution in [0.2, 0.25) is 0 Å². The smallest absolute Gasteiger partial charge is 0.361 e. The molecule has 0 saturated heterocycles. The van der Waals surface area contributed by atoms with Gasteiger partial charge in [-0.25, -0.2) is 9.48 Å². The second-order valence-electron chi connectivity index (χ2n) is 4.69. The molecule has 0 fully saturated rings. The second-order valence-corrected chi connectivity index (χ2v) is 4.69. The molecule has 0 aromatic carbocycles. The van der Waals surface area contributed by atoms with Crippen molar-refractivity contribution in [3.63, 3.8) is 0 Å². The van der Waals surface area contributed by atoms with Crippen molar-refractivity contribution in [1.29, 1.82) is 0 Å². The van der Waals surface area contributed by atoms with Gasteiger partial charge in [0.25, 0.3) is 0 Å². The SMILES string of the molecule is CCOC(=O)c1nnn(CC(C)CO)c1-c1ccccn1. The number of carbonyl (C=O) groups excluding carboxylic acids is 1. The Bertz CT molecular complexity index is 598. The van der Waals surface area contributed by atoms with Gasteiger partial charge >= 0.3 is 5.97 Å². The Hall–Kier alpha value is -2.28. The van der Waals surface area contributed by atoms with Crippen LogP contribution in [0.15, 0.2) is 24.4 Å².